The van der Waals surface area contributed by atoms with Gasteiger partial charge < -0.3 is 0 Å². The predicted octanol–water partition coefficient (Wildman–Crippen LogP) is 1.34. The number of aryl methyl sites for hydroxylation is 1. The molecule has 2 rings (SSSR count). The van der Waals surface area contributed by atoms with Crippen molar-refractivity contribution in [2.45, 2.75) is 25.2 Å². The molecule has 1 aromatic heterocycles. The van der Waals surface area contributed by atoms with Crippen LogP contribution in [0.2, 0.25) is 0 Å². The Balaban J connectivity index is 2.42. The van der Waals surface area contributed by atoms with Crippen LogP contribution in [0.15, 0.2) is 12.3 Å². The average molecular weight is 159 g/mol. The minimum absolute atomic E-state index is 0.341. The molecule has 1 aromatic rings. The van der Waals surface area contributed by atoms with Gasteiger partial charge in [0.2, 0.25) is 0 Å². The van der Waals surface area contributed by atoms with Crippen LogP contribution in [-0.2, 0) is 5.41 Å². The topological polar surface area (TPSA) is 49.6 Å². The molecule has 1 heterocycles. The maximum absolute atomic E-state index is 8.87. The van der Waals surface area contributed by atoms with Crippen LogP contribution in [0, 0.1) is 18.3 Å². The first kappa shape index (κ1) is 7.23. The van der Waals surface area contributed by atoms with Crippen LogP contribution in [-0.4, -0.2) is 9.97 Å². The van der Waals surface area contributed by atoms with Gasteiger partial charge in [0.1, 0.15) is 11.2 Å². The fourth-order valence-electron chi connectivity index (χ4n) is 1.19. The third kappa shape index (κ3) is 0.964. The lowest BCUT2D eigenvalue weighted by Crippen LogP contribution is -2.08. The third-order valence-electron chi connectivity index (χ3n) is 2.19. The highest BCUT2D eigenvalue weighted by molar-refractivity contribution is 5.29. The molecule has 0 saturated heterocycles. The molecule has 1 fully saturated rings. The van der Waals surface area contributed by atoms with E-state index in [1.165, 1.54) is 0 Å². The van der Waals surface area contributed by atoms with Gasteiger partial charge in [-0.25, -0.2) is 9.97 Å². The van der Waals surface area contributed by atoms with Crippen molar-refractivity contribution in [1.82, 2.24) is 9.97 Å². The Morgan fingerprint density at radius 1 is 1.58 bits per heavy atom. The monoisotopic (exact) mass is 159 g/mol. The molecule has 0 radical (unpaired) electrons. The van der Waals surface area contributed by atoms with Gasteiger partial charge in [-0.2, -0.15) is 5.26 Å². The van der Waals surface area contributed by atoms with Crippen molar-refractivity contribution in [3.05, 3.63) is 23.8 Å². The van der Waals surface area contributed by atoms with E-state index in [1.54, 1.807) is 6.20 Å². The van der Waals surface area contributed by atoms with E-state index < -0.39 is 0 Å². The van der Waals surface area contributed by atoms with Gasteiger partial charge in [-0.05, 0) is 25.8 Å². The van der Waals surface area contributed by atoms with E-state index in [0.29, 0.717) is 5.82 Å². The van der Waals surface area contributed by atoms with Crippen LogP contribution in [0.4, 0.5) is 0 Å². The van der Waals surface area contributed by atoms with Gasteiger partial charge in [0.15, 0.2) is 0 Å². The highest BCUT2D eigenvalue weighted by Gasteiger charge is 2.47. The fourth-order valence-corrected chi connectivity index (χ4v) is 1.19. The molecule has 1 saturated carbocycles. The summed E-state index contributed by atoms with van der Waals surface area (Å²) in [6.07, 6.45) is 3.54. The van der Waals surface area contributed by atoms with Gasteiger partial charge in [-0.3, -0.25) is 0 Å². The first-order valence-electron chi connectivity index (χ1n) is 3.98. The van der Waals surface area contributed by atoms with E-state index >= 15 is 0 Å². The number of aromatic nitrogens is 2. The molecular formula is C9H9N3. The SMILES string of the molecule is Cc1ccnc(C2(C#N)CC2)n1. The molecule has 3 nitrogen and oxygen atoms in total. The summed E-state index contributed by atoms with van der Waals surface area (Å²) in [4.78, 5) is 8.36. The molecule has 0 aromatic carbocycles. The van der Waals surface area contributed by atoms with Gasteiger partial charge in [-0.1, -0.05) is 0 Å². The maximum Gasteiger partial charge on any atom is 0.148 e. The van der Waals surface area contributed by atoms with Crippen molar-refractivity contribution >= 4 is 0 Å². The summed E-state index contributed by atoms with van der Waals surface area (Å²) in [5.41, 5.74) is 0.591. The van der Waals surface area contributed by atoms with Crippen LogP contribution in [0.25, 0.3) is 0 Å². The minimum atomic E-state index is -0.341. The Bertz CT molecular complexity index is 347. The van der Waals surface area contributed by atoms with E-state index in [2.05, 4.69) is 16.0 Å². The Labute approximate surface area is 71.1 Å². The second kappa shape index (κ2) is 2.28. The van der Waals surface area contributed by atoms with Crippen LogP contribution in [0.5, 0.6) is 0 Å². The van der Waals surface area contributed by atoms with E-state index in [-0.39, 0.29) is 5.41 Å². The third-order valence-corrected chi connectivity index (χ3v) is 2.19. The zero-order valence-corrected chi connectivity index (χ0v) is 6.91. The first-order chi connectivity index (χ1) is 5.77. The van der Waals surface area contributed by atoms with E-state index in [9.17, 15) is 0 Å². The van der Waals surface area contributed by atoms with Gasteiger partial charge in [0.05, 0.1) is 6.07 Å². The van der Waals surface area contributed by atoms with Crippen LogP contribution < -0.4 is 0 Å². The highest BCUT2D eigenvalue weighted by atomic mass is 14.9. The summed E-state index contributed by atoms with van der Waals surface area (Å²) in [5, 5.41) is 8.87. The van der Waals surface area contributed by atoms with Gasteiger partial charge >= 0.3 is 0 Å². The Morgan fingerprint density at radius 3 is 2.83 bits per heavy atom. The average Bonchev–Trinajstić information content (AvgIpc) is 2.84. The molecule has 0 aliphatic heterocycles. The highest BCUT2D eigenvalue weighted by Crippen LogP contribution is 2.45. The quantitative estimate of drug-likeness (QED) is 0.621. The zero-order chi connectivity index (χ0) is 8.60. The molecule has 0 spiro atoms. The molecule has 3 heteroatoms. The summed E-state index contributed by atoms with van der Waals surface area (Å²) in [6, 6.07) is 4.12. The minimum Gasteiger partial charge on any atom is -0.240 e. The predicted molar refractivity (Wildman–Crippen MR) is 43.3 cm³/mol. The molecule has 1 aliphatic carbocycles. The number of nitrogens with zero attached hydrogens (tertiary/aromatic N) is 3. The Hall–Kier alpha value is -1.43. The van der Waals surface area contributed by atoms with Crippen molar-refractivity contribution in [3.8, 4) is 6.07 Å². The lowest BCUT2D eigenvalue weighted by molar-refractivity contribution is 0.787. The van der Waals surface area contributed by atoms with Crippen molar-refractivity contribution in [3.63, 3.8) is 0 Å². The lowest BCUT2D eigenvalue weighted by Gasteiger charge is -2.02. The van der Waals surface area contributed by atoms with Crippen molar-refractivity contribution < 1.29 is 0 Å². The van der Waals surface area contributed by atoms with E-state index in [4.69, 9.17) is 5.26 Å². The second-order valence-electron chi connectivity index (χ2n) is 3.22. The number of rotatable bonds is 1. The molecule has 12 heavy (non-hydrogen) atoms. The van der Waals surface area contributed by atoms with Crippen LogP contribution in [0.3, 0.4) is 0 Å². The first-order valence-corrected chi connectivity index (χ1v) is 3.98. The Morgan fingerprint density at radius 2 is 2.33 bits per heavy atom. The summed E-state index contributed by atoms with van der Waals surface area (Å²) in [6.45, 7) is 1.92. The lowest BCUT2D eigenvalue weighted by atomic mass is 10.1. The molecular weight excluding hydrogens is 150 g/mol. The van der Waals surface area contributed by atoms with Crippen molar-refractivity contribution in [1.29, 1.82) is 5.26 Å². The van der Waals surface area contributed by atoms with Gasteiger partial charge in [0, 0.05) is 11.9 Å². The molecule has 0 N–H and O–H groups in total. The van der Waals surface area contributed by atoms with Gasteiger partial charge in [0.25, 0.3) is 0 Å². The molecule has 0 bridgehead atoms. The largest absolute Gasteiger partial charge is 0.240 e. The molecule has 1 aliphatic rings. The normalized spacial score (nSPS) is 18.3. The summed E-state index contributed by atoms with van der Waals surface area (Å²) >= 11 is 0. The molecule has 0 atom stereocenters. The summed E-state index contributed by atoms with van der Waals surface area (Å²) in [5.74, 6) is 0.699. The fraction of sp³-hybridized carbons (Fsp3) is 0.444. The smallest absolute Gasteiger partial charge is 0.148 e. The number of hydrogen-bond acceptors (Lipinski definition) is 3. The van der Waals surface area contributed by atoms with Crippen LogP contribution >= 0.6 is 0 Å². The summed E-state index contributed by atoms with van der Waals surface area (Å²) in [7, 11) is 0. The summed E-state index contributed by atoms with van der Waals surface area (Å²) < 4.78 is 0. The van der Waals surface area contributed by atoms with E-state index in [0.717, 1.165) is 18.5 Å². The maximum atomic E-state index is 8.87. The standard InChI is InChI=1S/C9H9N3/c1-7-2-5-11-8(12-7)9(6-10)3-4-9/h2,5H,3-4H2,1H3. The number of nitriles is 1. The second-order valence-corrected chi connectivity index (χ2v) is 3.22. The van der Waals surface area contributed by atoms with Crippen molar-refractivity contribution in [2.24, 2.45) is 0 Å². The zero-order valence-electron chi connectivity index (χ0n) is 6.91. The number of hydrogen-bond donors (Lipinski definition) is 0. The van der Waals surface area contributed by atoms with E-state index in [1.807, 2.05) is 13.0 Å². The van der Waals surface area contributed by atoms with Crippen LogP contribution in [0.1, 0.15) is 24.4 Å². The Kier molecular flexibility index (Phi) is 1.37. The molecule has 60 valence electrons. The molecule has 0 unspecified atom stereocenters. The van der Waals surface area contributed by atoms with Crippen molar-refractivity contribution in [2.75, 3.05) is 0 Å². The molecule has 0 amide bonds. The van der Waals surface area contributed by atoms with Gasteiger partial charge in [-0.15, -0.1) is 0 Å².